The zero-order valence-corrected chi connectivity index (χ0v) is 21.4. The number of imidazole rings is 1. The first kappa shape index (κ1) is 25.9. The van der Waals surface area contributed by atoms with E-state index in [4.69, 9.17) is 24.3 Å². The highest BCUT2D eigenvalue weighted by Crippen LogP contribution is 2.25. The van der Waals surface area contributed by atoms with Crippen molar-refractivity contribution >= 4 is 17.1 Å². The van der Waals surface area contributed by atoms with Crippen LogP contribution in [0.4, 0.5) is 0 Å². The van der Waals surface area contributed by atoms with Gasteiger partial charge in [-0.2, -0.15) is 15.1 Å². The van der Waals surface area contributed by atoms with Crippen LogP contribution < -0.4 is 9.47 Å². The molecule has 0 aliphatic heterocycles. The molecule has 11 nitrogen and oxygen atoms in total. The van der Waals surface area contributed by atoms with E-state index < -0.39 is 5.97 Å². The van der Waals surface area contributed by atoms with Gasteiger partial charge < -0.3 is 23.9 Å². The topological polar surface area (TPSA) is 126 Å². The third-order valence-corrected chi connectivity index (χ3v) is 5.78. The summed E-state index contributed by atoms with van der Waals surface area (Å²) in [6, 6.07) is 17.5. The second-order valence-electron chi connectivity index (χ2n) is 8.61. The summed E-state index contributed by atoms with van der Waals surface area (Å²) in [5.74, 6) is 0.799. The number of aliphatic hydroxyl groups excluding tert-OH is 1. The Morgan fingerprint density at radius 2 is 1.82 bits per heavy atom. The van der Waals surface area contributed by atoms with E-state index in [1.807, 2.05) is 59.2 Å². The minimum Gasteiger partial charge on any atom is -0.494 e. The number of esters is 1. The molecular formula is C28H28N6O5. The van der Waals surface area contributed by atoms with Gasteiger partial charge in [0.15, 0.2) is 11.2 Å². The van der Waals surface area contributed by atoms with Gasteiger partial charge in [0.05, 0.1) is 37.8 Å². The van der Waals surface area contributed by atoms with E-state index in [-0.39, 0.29) is 19.2 Å². The average molecular weight is 529 g/mol. The van der Waals surface area contributed by atoms with E-state index in [2.05, 4.69) is 15.1 Å². The molecule has 0 aliphatic rings. The number of rotatable bonds is 12. The number of ether oxygens (including phenoxy) is 3. The molecule has 1 N–H and O–H groups in total. The summed E-state index contributed by atoms with van der Waals surface area (Å²) < 4.78 is 20.1. The predicted octanol–water partition coefficient (Wildman–Crippen LogP) is 3.58. The van der Waals surface area contributed by atoms with Gasteiger partial charge >= 0.3 is 5.97 Å². The number of nitrogens with zero attached hydrogens (tertiary/aromatic N) is 6. The molecule has 200 valence electrons. The lowest BCUT2D eigenvalue weighted by atomic mass is 10.2. The summed E-state index contributed by atoms with van der Waals surface area (Å²) in [4.78, 5) is 26.0. The number of carbonyl (C=O) groups excluding carboxylic acids is 1. The van der Waals surface area contributed by atoms with Gasteiger partial charge in [0.25, 0.3) is 5.95 Å². The first-order valence-electron chi connectivity index (χ1n) is 12.6. The van der Waals surface area contributed by atoms with Crippen molar-refractivity contribution in [3.63, 3.8) is 0 Å². The van der Waals surface area contributed by atoms with E-state index in [9.17, 15) is 4.79 Å². The highest BCUT2D eigenvalue weighted by molar-refractivity contribution is 5.88. The molecule has 0 atom stereocenters. The van der Waals surface area contributed by atoms with Crippen molar-refractivity contribution in [2.75, 3.05) is 19.8 Å². The zero-order chi connectivity index (χ0) is 27.0. The van der Waals surface area contributed by atoms with Crippen molar-refractivity contribution in [3.8, 4) is 17.6 Å². The maximum absolute atomic E-state index is 12.2. The molecule has 0 spiro atoms. The Morgan fingerprint density at radius 1 is 1.00 bits per heavy atom. The normalized spacial score (nSPS) is 11.0. The largest absolute Gasteiger partial charge is 0.494 e. The molecule has 0 saturated carbocycles. The molecule has 3 aromatic heterocycles. The van der Waals surface area contributed by atoms with Crippen LogP contribution in [0.2, 0.25) is 0 Å². The maximum Gasteiger partial charge on any atom is 0.341 e. The van der Waals surface area contributed by atoms with Gasteiger partial charge in [-0.3, -0.25) is 0 Å². The molecule has 0 amide bonds. The lowest BCUT2D eigenvalue weighted by Gasteiger charge is -2.10. The minimum absolute atomic E-state index is 0.0926. The van der Waals surface area contributed by atoms with E-state index in [0.717, 1.165) is 16.9 Å². The van der Waals surface area contributed by atoms with Gasteiger partial charge in [-0.05, 0) is 30.2 Å². The molecule has 0 bridgehead atoms. The Bertz CT molecular complexity index is 1530. The molecule has 0 saturated heterocycles. The number of aromatic nitrogens is 6. The van der Waals surface area contributed by atoms with Gasteiger partial charge in [0.2, 0.25) is 5.88 Å². The second-order valence-corrected chi connectivity index (χ2v) is 8.61. The summed E-state index contributed by atoms with van der Waals surface area (Å²) in [6.07, 6.45) is 5.21. The Morgan fingerprint density at radius 3 is 2.59 bits per heavy atom. The maximum atomic E-state index is 12.2. The van der Waals surface area contributed by atoms with Gasteiger partial charge in [-0.25, -0.2) is 14.5 Å². The lowest BCUT2D eigenvalue weighted by molar-refractivity contribution is 0.0526. The molecule has 0 fully saturated rings. The fraction of sp³-hybridized carbons (Fsp3) is 0.250. The van der Waals surface area contributed by atoms with Gasteiger partial charge in [0, 0.05) is 19.2 Å². The molecular weight excluding hydrogens is 500 g/mol. The van der Waals surface area contributed by atoms with Crippen LogP contribution in [-0.2, 0) is 17.9 Å². The Kier molecular flexibility index (Phi) is 8.08. The van der Waals surface area contributed by atoms with E-state index >= 15 is 0 Å². The molecule has 0 unspecified atom stereocenters. The number of hydrogen-bond acceptors (Lipinski definition) is 9. The first-order chi connectivity index (χ1) is 19.1. The number of fused-ring (bicyclic) bond motifs is 1. The van der Waals surface area contributed by atoms with Gasteiger partial charge in [0.1, 0.15) is 12.4 Å². The third kappa shape index (κ3) is 6.21. The van der Waals surface area contributed by atoms with Crippen molar-refractivity contribution in [2.45, 2.75) is 26.5 Å². The van der Waals surface area contributed by atoms with Crippen LogP contribution >= 0.6 is 0 Å². The standard InChI is InChI=1S/C28H28N6O5/c1-2-37-27(36)22-15-30-34(17-22)28-31-25-24(26(32-28)39-18-21-7-4-3-5-8-21)29-19-33(25)16-20-9-11-23(12-10-20)38-14-6-13-35/h3-5,7-12,15,17,19,35H,2,6,13-14,16,18H2,1H3. The molecule has 5 aromatic rings. The monoisotopic (exact) mass is 528 g/mol. The van der Waals surface area contributed by atoms with Crippen molar-refractivity contribution in [2.24, 2.45) is 0 Å². The lowest BCUT2D eigenvalue weighted by Crippen LogP contribution is -2.08. The highest BCUT2D eigenvalue weighted by atomic mass is 16.5. The van der Waals surface area contributed by atoms with E-state index in [1.165, 1.54) is 17.1 Å². The number of hydrogen-bond donors (Lipinski definition) is 1. The van der Waals surface area contributed by atoms with Crippen LogP contribution in [0.5, 0.6) is 11.6 Å². The molecule has 5 rings (SSSR count). The fourth-order valence-electron chi connectivity index (χ4n) is 3.85. The number of aliphatic hydroxyl groups is 1. The third-order valence-electron chi connectivity index (χ3n) is 5.78. The minimum atomic E-state index is -0.473. The number of carbonyl (C=O) groups is 1. The summed E-state index contributed by atoms with van der Waals surface area (Å²) in [5.41, 5.74) is 3.35. The smallest absolute Gasteiger partial charge is 0.341 e. The molecule has 3 heterocycles. The molecule has 11 heteroatoms. The Balaban J connectivity index is 1.46. The SMILES string of the molecule is CCOC(=O)c1cnn(-c2nc(OCc3ccccc3)c3ncn(Cc4ccc(OCCCO)cc4)c3n2)c1. The van der Waals surface area contributed by atoms with Crippen molar-refractivity contribution < 1.29 is 24.1 Å². The highest BCUT2D eigenvalue weighted by Gasteiger charge is 2.18. The zero-order valence-electron chi connectivity index (χ0n) is 21.4. The van der Waals surface area contributed by atoms with E-state index in [0.29, 0.717) is 48.8 Å². The fourth-order valence-corrected chi connectivity index (χ4v) is 3.85. The predicted molar refractivity (Wildman–Crippen MR) is 142 cm³/mol. The van der Waals surface area contributed by atoms with Crippen molar-refractivity contribution in [1.29, 1.82) is 0 Å². The van der Waals surface area contributed by atoms with Crippen LogP contribution in [-0.4, -0.2) is 60.2 Å². The van der Waals surface area contributed by atoms with Crippen LogP contribution in [0, 0.1) is 0 Å². The van der Waals surface area contributed by atoms with Crippen molar-refractivity contribution in [1.82, 2.24) is 29.3 Å². The second kappa shape index (κ2) is 12.2. The van der Waals surface area contributed by atoms with Crippen LogP contribution in [0.15, 0.2) is 73.3 Å². The van der Waals surface area contributed by atoms with E-state index in [1.54, 1.807) is 13.3 Å². The van der Waals surface area contributed by atoms with Crippen LogP contribution in [0.1, 0.15) is 34.8 Å². The Hall–Kier alpha value is -4.77. The molecule has 0 aliphatic carbocycles. The molecule has 2 aromatic carbocycles. The molecule has 39 heavy (non-hydrogen) atoms. The van der Waals surface area contributed by atoms with Crippen molar-refractivity contribution in [3.05, 3.63) is 90.0 Å². The first-order valence-corrected chi connectivity index (χ1v) is 12.6. The quantitative estimate of drug-likeness (QED) is 0.191. The van der Waals surface area contributed by atoms with Crippen LogP contribution in [0.3, 0.4) is 0 Å². The summed E-state index contributed by atoms with van der Waals surface area (Å²) in [5, 5.41) is 13.2. The van der Waals surface area contributed by atoms with Gasteiger partial charge in [-0.15, -0.1) is 0 Å². The summed E-state index contributed by atoms with van der Waals surface area (Å²) >= 11 is 0. The van der Waals surface area contributed by atoms with Gasteiger partial charge in [-0.1, -0.05) is 42.5 Å². The average Bonchev–Trinajstić information content (AvgIpc) is 3.62. The summed E-state index contributed by atoms with van der Waals surface area (Å²) in [6.45, 7) is 3.35. The summed E-state index contributed by atoms with van der Waals surface area (Å²) in [7, 11) is 0. The molecule has 0 radical (unpaired) electrons. The Labute approximate surface area is 224 Å². The number of benzene rings is 2. The van der Waals surface area contributed by atoms with Crippen LogP contribution in [0.25, 0.3) is 17.1 Å².